The molecule has 1 aliphatic carbocycles. The van der Waals surface area contributed by atoms with Crippen molar-refractivity contribution in [1.29, 1.82) is 0 Å². The molecule has 1 saturated carbocycles. The highest BCUT2D eigenvalue weighted by Crippen LogP contribution is 2.28. The molecule has 1 fully saturated rings. The highest BCUT2D eigenvalue weighted by atomic mass is 16.5. The van der Waals surface area contributed by atoms with Gasteiger partial charge in [-0.1, -0.05) is 13.8 Å². The Morgan fingerprint density at radius 3 is 2.13 bits per heavy atom. The lowest BCUT2D eigenvalue weighted by Crippen LogP contribution is -2.50. The minimum atomic E-state index is 0.0184. The van der Waals surface area contributed by atoms with Gasteiger partial charge in [0.15, 0.2) is 0 Å². The first-order chi connectivity index (χ1) is 6.94. The van der Waals surface area contributed by atoms with Gasteiger partial charge in [-0.3, -0.25) is 0 Å². The summed E-state index contributed by atoms with van der Waals surface area (Å²) in [6, 6.07) is 1.40. The van der Waals surface area contributed by atoms with Crippen molar-refractivity contribution in [1.82, 2.24) is 5.32 Å². The van der Waals surface area contributed by atoms with Gasteiger partial charge >= 0.3 is 0 Å². The summed E-state index contributed by atoms with van der Waals surface area (Å²) in [6.07, 6.45) is 5.33. The van der Waals surface area contributed by atoms with E-state index >= 15 is 0 Å². The average Bonchev–Trinajstić information content (AvgIpc) is 2.07. The van der Waals surface area contributed by atoms with Crippen LogP contribution in [0.15, 0.2) is 0 Å². The molecule has 0 aromatic heterocycles. The molecule has 0 bridgehead atoms. The van der Waals surface area contributed by atoms with Crippen LogP contribution in [0.25, 0.3) is 0 Å². The Balaban J connectivity index is 2.15. The van der Waals surface area contributed by atoms with Crippen LogP contribution in [0.3, 0.4) is 0 Å². The van der Waals surface area contributed by atoms with Crippen LogP contribution in [0.4, 0.5) is 0 Å². The summed E-state index contributed by atoms with van der Waals surface area (Å²) in [5, 5.41) is 3.69. The Bertz CT molecular complexity index is 175. The first-order valence-corrected chi connectivity index (χ1v) is 6.38. The number of ether oxygens (including phenoxy) is 1. The van der Waals surface area contributed by atoms with Gasteiger partial charge in [-0.25, -0.2) is 0 Å². The second-order valence-corrected chi connectivity index (χ2v) is 5.70. The van der Waals surface area contributed by atoms with Crippen molar-refractivity contribution in [2.24, 2.45) is 0 Å². The van der Waals surface area contributed by atoms with E-state index in [0.717, 1.165) is 0 Å². The summed E-state index contributed by atoms with van der Waals surface area (Å²) >= 11 is 0. The molecular formula is C13H27NO. The third-order valence-electron chi connectivity index (χ3n) is 3.07. The maximum atomic E-state index is 5.91. The van der Waals surface area contributed by atoms with E-state index in [4.69, 9.17) is 4.74 Å². The quantitative estimate of drug-likeness (QED) is 0.757. The Morgan fingerprint density at radius 2 is 1.73 bits per heavy atom. The van der Waals surface area contributed by atoms with E-state index in [9.17, 15) is 0 Å². The lowest BCUT2D eigenvalue weighted by molar-refractivity contribution is -0.103. The molecule has 0 radical (unpaired) electrons. The molecule has 0 saturated heterocycles. The summed E-state index contributed by atoms with van der Waals surface area (Å²) < 4.78 is 5.91. The second-order valence-electron chi connectivity index (χ2n) is 5.70. The Labute approximate surface area is 94.8 Å². The molecule has 1 rings (SSSR count). The van der Waals surface area contributed by atoms with Crippen LogP contribution in [-0.2, 0) is 4.74 Å². The lowest BCUT2D eigenvalue weighted by atomic mass is 9.87. The zero-order chi connectivity index (χ0) is 11.5. The van der Waals surface area contributed by atoms with E-state index in [1.807, 2.05) is 0 Å². The zero-order valence-electron chi connectivity index (χ0n) is 11.0. The maximum absolute atomic E-state index is 5.91. The van der Waals surface area contributed by atoms with Crippen LogP contribution < -0.4 is 5.32 Å². The van der Waals surface area contributed by atoms with Crippen LogP contribution in [0.1, 0.15) is 60.3 Å². The lowest BCUT2D eigenvalue weighted by Gasteiger charge is -2.41. The van der Waals surface area contributed by atoms with Gasteiger partial charge in [0.2, 0.25) is 0 Å². The van der Waals surface area contributed by atoms with Crippen molar-refractivity contribution < 1.29 is 4.74 Å². The van der Waals surface area contributed by atoms with Crippen molar-refractivity contribution in [3.8, 4) is 0 Å². The third kappa shape index (κ3) is 4.52. The molecule has 90 valence electrons. The largest absolute Gasteiger partial charge is 0.373 e. The van der Waals surface area contributed by atoms with Crippen LogP contribution in [-0.4, -0.2) is 23.8 Å². The summed E-state index contributed by atoms with van der Waals surface area (Å²) in [5.74, 6) is 0. The fourth-order valence-electron chi connectivity index (χ4n) is 2.16. The minimum Gasteiger partial charge on any atom is -0.373 e. The van der Waals surface area contributed by atoms with Crippen molar-refractivity contribution in [3.05, 3.63) is 0 Å². The van der Waals surface area contributed by atoms with E-state index < -0.39 is 0 Å². The Morgan fingerprint density at radius 1 is 1.20 bits per heavy atom. The highest BCUT2D eigenvalue weighted by Gasteiger charge is 2.33. The van der Waals surface area contributed by atoms with E-state index in [0.29, 0.717) is 18.2 Å². The fourth-order valence-corrected chi connectivity index (χ4v) is 2.16. The van der Waals surface area contributed by atoms with Gasteiger partial charge in [0.05, 0.1) is 11.7 Å². The van der Waals surface area contributed by atoms with Crippen molar-refractivity contribution in [2.75, 3.05) is 0 Å². The molecule has 0 aromatic rings. The molecule has 0 unspecified atom stereocenters. The SMILES string of the molecule is CCC(CC)NC1CC(OC(C)(C)C)C1. The van der Waals surface area contributed by atoms with Gasteiger partial charge < -0.3 is 10.1 Å². The monoisotopic (exact) mass is 213 g/mol. The molecule has 0 aromatic carbocycles. The number of hydrogen-bond acceptors (Lipinski definition) is 2. The first-order valence-electron chi connectivity index (χ1n) is 6.38. The molecule has 2 nitrogen and oxygen atoms in total. The average molecular weight is 213 g/mol. The van der Waals surface area contributed by atoms with Gasteiger partial charge in [0, 0.05) is 12.1 Å². The van der Waals surface area contributed by atoms with Crippen LogP contribution in [0, 0.1) is 0 Å². The normalized spacial score (nSPS) is 26.8. The molecule has 0 atom stereocenters. The molecular weight excluding hydrogens is 186 g/mol. The molecule has 15 heavy (non-hydrogen) atoms. The maximum Gasteiger partial charge on any atom is 0.0612 e. The van der Waals surface area contributed by atoms with Gasteiger partial charge in [-0.2, -0.15) is 0 Å². The summed E-state index contributed by atoms with van der Waals surface area (Å²) in [4.78, 5) is 0. The van der Waals surface area contributed by atoms with Crippen molar-refractivity contribution in [3.63, 3.8) is 0 Å². The molecule has 0 amide bonds. The van der Waals surface area contributed by atoms with Crippen LogP contribution >= 0.6 is 0 Å². The number of nitrogens with one attached hydrogen (secondary N) is 1. The number of rotatable bonds is 5. The molecule has 0 spiro atoms. The summed E-state index contributed by atoms with van der Waals surface area (Å²) in [6.45, 7) is 10.9. The minimum absolute atomic E-state index is 0.0184. The van der Waals surface area contributed by atoms with E-state index in [1.54, 1.807) is 0 Å². The molecule has 1 aliphatic rings. The third-order valence-corrected chi connectivity index (χ3v) is 3.07. The van der Waals surface area contributed by atoms with Crippen LogP contribution in [0.5, 0.6) is 0 Å². The standard InChI is InChI=1S/C13H27NO/c1-6-10(7-2)14-11-8-12(9-11)15-13(3,4)5/h10-12,14H,6-9H2,1-5H3. The summed E-state index contributed by atoms with van der Waals surface area (Å²) in [5.41, 5.74) is 0.0184. The van der Waals surface area contributed by atoms with Gasteiger partial charge in [0.1, 0.15) is 0 Å². The Kier molecular flexibility index (Phi) is 4.60. The Hall–Kier alpha value is -0.0800. The van der Waals surface area contributed by atoms with Crippen molar-refractivity contribution >= 4 is 0 Å². The second kappa shape index (κ2) is 5.31. The zero-order valence-corrected chi connectivity index (χ0v) is 11.0. The molecule has 0 aliphatic heterocycles. The van der Waals surface area contributed by atoms with Gasteiger partial charge in [0.25, 0.3) is 0 Å². The van der Waals surface area contributed by atoms with E-state index in [1.165, 1.54) is 25.7 Å². The summed E-state index contributed by atoms with van der Waals surface area (Å²) in [7, 11) is 0. The van der Waals surface area contributed by atoms with Gasteiger partial charge in [-0.15, -0.1) is 0 Å². The highest BCUT2D eigenvalue weighted by molar-refractivity contribution is 4.89. The number of hydrogen-bond donors (Lipinski definition) is 1. The van der Waals surface area contributed by atoms with E-state index in [-0.39, 0.29) is 5.60 Å². The molecule has 2 heteroatoms. The fraction of sp³-hybridized carbons (Fsp3) is 1.00. The molecule has 0 heterocycles. The smallest absolute Gasteiger partial charge is 0.0612 e. The van der Waals surface area contributed by atoms with Crippen molar-refractivity contribution in [2.45, 2.75) is 84.1 Å². The van der Waals surface area contributed by atoms with Crippen LogP contribution in [0.2, 0.25) is 0 Å². The van der Waals surface area contributed by atoms with Gasteiger partial charge in [-0.05, 0) is 46.5 Å². The van der Waals surface area contributed by atoms with E-state index in [2.05, 4.69) is 39.9 Å². The molecule has 1 N–H and O–H groups in total. The predicted molar refractivity (Wildman–Crippen MR) is 65.2 cm³/mol. The first kappa shape index (κ1) is 13.0. The topological polar surface area (TPSA) is 21.3 Å². The predicted octanol–water partition coefficient (Wildman–Crippen LogP) is 3.11.